The number of nitrogens with zero attached hydrogens (tertiary/aromatic N) is 2. The van der Waals surface area contributed by atoms with Crippen LogP contribution in [0.15, 0.2) is 18.3 Å². The van der Waals surface area contributed by atoms with Crippen LogP contribution in [0.3, 0.4) is 0 Å². The number of carbonyl (C=O) groups excluding carboxylic acids is 1. The Hall–Kier alpha value is -2.18. The lowest BCUT2D eigenvalue weighted by Crippen LogP contribution is -2.35. The number of rotatable bonds is 4. The van der Waals surface area contributed by atoms with E-state index in [4.69, 9.17) is 0 Å². The molecule has 0 saturated carbocycles. The molecule has 86 valence electrons. The first-order chi connectivity index (χ1) is 7.54. The third-order valence-corrected chi connectivity index (χ3v) is 1.96. The van der Waals surface area contributed by atoms with E-state index in [-0.39, 0.29) is 11.6 Å². The molecule has 1 atom stereocenters. The third-order valence-electron chi connectivity index (χ3n) is 1.96. The summed E-state index contributed by atoms with van der Waals surface area (Å²) in [5.74, 6) is 0.0820. The number of anilines is 1. The molecule has 0 aromatic carbocycles. The second kappa shape index (κ2) is 5.06. The molecule has 0 aliphatic rings. The SMILES string of the molecule is CNC(=O)C(C)Nc1cc([N+](=O)[O-])ccn1. The van der Waals surface area contributed by atoms with Gasteiger partial charge in [-0.2, -0.15) is 0 Å². The number of amides is 1. The van der Waals surface area contributed by atoms with Gasteiger partial charge in [-0.1, -0.05) is 0 Å². The van der Waals surface area contributed by atoms with E-state index in [1.807, 2.05) is 0 Å². The van der Waals surface area contributed by atoms with Crippen molar-refractivity contribution >= 4 is 17.4 Å². The summed E-state index contributed by atoms with van der Waals surface area (Å²) >= 11 is 0. The average molecular weight is 224 g/mol. The molecule has 1 heterocycles. The Balaban J connectivity index is 2.78. The van der Waals surface area contributed by atoms with Gasteiger partial charge in [-0.3, -0.25) is 14.9 Å². The van der Waals surface area contributed by atoms with Crippen LogP contribution in [0.5, 0.6) is 0 Å². The summed E-state index contributed by atoms with van der Waals surface area (Å²) < 4.78 is 0. The predicted molar refractivity (Wildman–Crippen MR) is 58.0 cm³/mol. The van der Waals surface area contributed by atoms with Crippen LogP contribution in [-0.4, -0.2) is 28.9 Å². The Morgan fingerprint density at radius 2 is 2.31 bits per heavy atom. The maximum absolute atomic E-state index is 11.2. The van der Waals surface area contributed by atoms with Crippen molar-refractivity contribution in [2.75, 3.05) is 12.4 Å². The molecule has 1 aromatic rings. The molecule has 0 spiro atoms. The van der Waals surface area contributed by atoms with Crippen LogP contribution in [0.1, 0.15) is 6.92 Å². The monoisotopic (exact) mass is 224 g/mol. The van der Waals surface area contributed by atoms with Crippen molar-refractivity contribution in [2.24, 2.45) is 0 Å². The van der Waals surface area contributed by atoms with Crippen molar-refractivity contribution in [1.29, 1.82) is 0 Å². The van der Waals surface area contributed by atoms with E-state index in [1.54, 1.807) is 6.92 Å². The van der Waals surface area contributed by atoms with E-state index in [0.717, 1.165) is 0 Å². The second-order valence-corrected chi connectivity index (χ2v) is 3.14. The van der Waals surface area contributed by atoms with Crippen molar-refractivity contribution < 1.29 is 9.72 Å². The first-order valence-corrected chi connectivity index (χ1v) is 4.63. The van der Waals surface area contributed by atoms with E-state index in [9.17, 15) is 14.9 Å². The smallest absolute Gasteiger partial charge is 0.274 e. The molecule has 0 bridgehead atoms. The molecular weight excluding hydrogens is 212 g/mol. The standard InChI is InChI=1S/C9H12N4O3/c1-6(9(14)10-2)12-8-5-7(13(15)16)3-4-11-8/h3-6H,1-2H3,(H,10,14)(H,11,12). The Morgan fingerprint density at radius 3 is 2.88 bits per heavy atom. The molecule has 0 radical (unpaired) electrons. The highest BCUT2D eigenvalue weighted by molar-refractivity contribution is 5.83. The van der Waals surface area contributed by atoms with Crippen molar-refractivity contribution in [2.45, 2.75) is 13.0 Å². The quantitative estimate of drug-likeness (QED) is 0.574. The molecule has 0 aliphatic heterocycles. The van der Waals surface area contributed by atoms with E-state index in [1.165, 1.54) is 25.4 Å². The Kier molecular flexibility index (Phi) is 3.76. The summed E-state index contributed by atoms with van der Waals surface area (Å²) in [6.45, 7) is 1.64. The molecule has 1 amide bonds. The average Bonchev–Trinajstić information content (AvgIpc) is 2.28. The Bertz CT molecular complexity index is 407. The van der Waals surface area contributed by atoms with E-state index in [2.05, 4.69) is 15.6 Å². The van der Waals surface area contributed by atoms with Crippen LogP contribution in [0, 0.1) is 10.1 Å². The van der Waals surface area contributed by atoms with Gasteiger partial charge in [-0.25, -0.2) is 4.98 Å². The molecule has 7 heteroatoms. The molecule has 0 fully saturated rings. The summed E-state index contributed by atoms with van der Waals surface area (Å²) in [5.41, 5.74) is -0.0680. The minimum absolute atomic E-state index is 0.0680. The largest absolute Gasteiger partial charge is 0.358 e. The number of hydrogen-bond acceptors (Lipinski definition) is 5. The van der Waals surface area contributed by atoms with Gasteiger partial charge < -0.3 is 10.6 Å². The van der Waals surface area contributed by atoms with Crippen molar-refractivity contribution in [3.8, 4) is 0 Å². The Labute approximate surface area is 92.0 Å². The molecule has 1 rings (SSSR count). The summed E-state index contributed by atoms with van der Waals surface area (Å²) in [4.78, 5) is 25.1. The minimum atomic E-state index is -0.516. The highest BCUT2D eigenvalue weighted by Crippen LogP contribution is 2.14. The maximum Gasteiger partial charge on any atom is 0.274 e. The number of pyridine rings is 1. The van der Waals surface area contributed by atoms with Crippen molar-refractivity contribution in [3.63, 3.8) is 0 Å². The van der Waals surface area contributed by atoms with Crippen LogP contribution < -0.4 is 10.6 Å². The van der Waals surface area contributed by atoms with Crippen LogP contribution in [0.4, 0.5) is 11.5 Å². The normalized spacial score (nSPS) is 11.6. The zero-order chi connectivity index (χ0) is 12.1. The predicted octanol–water partition coefficient (Wildman–Crippen LogP) is 0.536. The van der Waals surface area contributed by atoms with Gasteiger partial charge in [0.15, 0.2) is 0 Å². The fourth-order valence-corrected chi connectivity index (χ4v) is 1.12. The molecular formula is C9H12N4O3. The van der Waals surface area contributed by atoms with Gasteiger partial charge in [-0.05, 0) is 6.92 Å². The molecule has 7 nitrogen and oxygen atoms in total. The molecule has 1 unspecified atom stereocenters. The van der Waals surface area contributed by atoms with E-state index >= 15 is 0 Å². The van der Waals surface area contributed by atoms with Crippen LogP contribution >= 0.6 is 0 Å². The van der Waals surface area contributed by atoms with Crippen LogP contribution in [0.2, 0.25) is 0 Å². The van der Waals surface area contributed by atoms with Gasteiger partial charge in [0.05, 0.1) is 11.0 Å². The first kappa shape index (κ1) is 11.9. The first-order valence-electron chi connectivity index (χ1n) is 4.63. The van der Waals surface area contributed by atoms with E-state index < -0.39 is 11.0 Å². The third kappa shape index (κ3) is 2.91. The van der Waals surface area contributed by atoms with Gasteiger partial charge in [0.25, 0.3) is 5.69 Å². The number of likely N-dealkylation sites (N-methyl/N-ethyl adjacent to an activating group) is 1. The van der Waals surface area contributed by atoms with Crippen LogP contribution in [0.25, 0.3) is 0 Å². The lowest BCUT2D eigenvalue weighted by Gasteiger charge is -2.12. The van der Waals surface area contributed by atoms with Gasteiger partial charge in [-0.15, -0.1) is 0 Å². The van der Waals surface area contributed by atoms with Crippen molar-refractivity contribution in [3.05, 3.63) is 28.4 Å². The van der Waals surface area contributed by atoms with Gasteiger partial charge in [0.2, 0.25) is 5.91 Å². The topological polar surface area (TPSA) is 97.2 Å². The number of nitro groups is 1. The molecule has 0 saturated heterocycles. The van der Waals surface area contributed by atoms with Crippen LogP contribution in [-0.2, 0) is 4.79 Å². The molecule has 2 N–H and O–H groups in total. The minimum Gasteiger partial charge on any atom is -0.358 e. The Morgan fingerprint density at radius 1 is 1.62 bits per heavy atom. The number of nitrogens with one attached hydrogen (secondary N) is 2. The summed E-state index contributed by atoms with van der Waals surface area (Å²) in [6.07, 6.45) is 1.32. The van der Waals surface area contributed by atoms with Gasteiger partial charge in [0, 0.05) is 19.3 Å². The molecule has 0 aliphatic carbocycles. The fraction of sp³-hybridized carbons (Fsp3) is 0.333. The van der Waals surface area contributed by atoms with Gasteiger partial charge in [0.1, 0.15) is 11.9 Å². The molecule has 16 heavy (non-hydrogen) atoms. The van der Waals surface area contributed by atoms with Crippen molar-refractivity contribution in [1.82, 2.24) is 10.3 Å². The highest BCUT2D eigenvalue weighted by atomic mass is 16.6. The zero-order valence-electron chi connectivity index (χ0n) is 8.93. The zero-order valence-corrected chi connectivity index (χ0v) is 8.93. The lowest BCUT2D eigenvalue weighted by molar-refractivity contribution is -0.384. The lowest BCUT2D eigenvalue weighted by atomic mass is 10.3. The number of aromatic nitrogens is 1. The summed E-state index contributed by atoms with van der Waals surface area (Å²) in [5, 5.41) is 15.7. The summed E-state index contributed by atoms with van der Waals surface area (Å²) in [6, 6.07) is 2.06. The maximum atomic E-state index is 11.2. The highest BCUT2D eigenvalue weighted by Gasteiger charge is 2.13. The van der Waals surface area contributed by atoms with Gasteiger partial charge >= 0.3 is 0 Å². The second-order valence-electron chi connectivity index (χ2n) is 3.14. The molecule has 1 aromatic heterocycles. The fourth-order valence-electron chi connectivity index (χ4n) is 1.12. The number of hydrogen-bond donors (Lipinski definition) is 2. The number of carbonyl (C=O) groups is 1. The summed E-state index contributed by atoms with van der Waals surface area (Å²) in [7, 11) is 1.52. The van der Waals surface area contributed by atoms with E-state index in [0.29, 0.717) is 5.82 Å².